The summed E-state index contributed by atoms with van der Waals surface area (Å²) < 4.78 is 0.555. The summed E-state index contributed by atoms with van der Waals surface area (Å²) in [4.78, 5) is 0. The van der Waals surface area contributed by atoms with Crippen molar-refractivity contribution in [2.24, 2.45) is 5.41 Å². The maximum atomic E-state index is 3.92. The molecule has 1 nitrogen and oxygen atoms in total. The molecular formula is C16H31NS. The van der Waals surface area contributed by atoms with Crippen molar-refractivity contribution in [3.8, 4) is 0 Å². The van der Waals surface area contributed by atoms with Gasteiger partial charge in [0.2, 0.25) is 0 Å². The van der Waals surface area contributed by atoms with Gasteiger partial charge in [0.1, 0.15) is 0 Å². The summed E-state index contributed by atoms with van der Waals surface area (Å²) in [6.45, 7) is 6.12. The van der Waals surface area contributed by atoms with Gasteiger partial charge in [-0.2, -0.15) is 11.8 Å². The smallest absolute Gasteiger partial charge is 0.0281 e. The predicted molar refractivity (Wildman–Crippen MR) is 83.4 cm³/mol. The molecule has 1 N–H and O–H groups in total. The van der Waals surface area contributed by atoms with Gasteiger partial charge >= 0.3 is 0 Å². The third-order valence-electron chi connectivity index (χ3n) is 5.12. The normalized spacial score (nSPS) is 31.2. The highest BCUT2D eigenvalue weighted by Gasteiger charge is 2.33. The number of hydrogen-bond acceptors (Lipinski definition) is 2. The number of thioether (sulfide) groups is 1. The molecule has 0 aromatic heterocycles. The fourth-order valence-electron chi connectivity index (χ4n) is 3.85. The Balaban J connectivity index is 1.82. The first kappa shape index (κ1) is 14.7. The van der Waals surface area contributed by atoms with Gasteiger partial charge in [-0.05, 0) is 43.8 Å². The zero-order chi connectivity index (χ0) is 13.1. The second-order valence-electron chi connectivity index (χ2n) is 7.29. The zero-order valence-electron chi connectivity index (χ0n) is 12.6. The molecule has 2 rings (SSSR count). The minimum Gasteiger partial charge on any atom is -0.313 e. The summed E-state index contributed by atoms with van der Waals surface area (Å²) in [5, 5.41) is 3.92. The van der Waals surface area contributed by atoms with E-state index < -0.39 is 0 Å². The molecule has 0 heterocycles. The van der Waals surface area contributed by atoms with Gasteiger partial charge in [0.15, 0.2) is 0 Å². The topological polar surface area (TPSA) is 12.0 Å². The van der Waals surface area contributed by atoms with Crippen LogP contribution >= 0.6 is 11.8 Å². The van der Waals surface area contributed by atoms with Crippen LogP contribution in [0.2, 0.25) is 0 Å². The van der Waals surface area contributed by atoms with Gasteiger partial charge in [0.05, 0.1) is 0 Å². The minimum atomic E-state index is 0.555. The first-order valence-electron chi connectivity index (χ1n) is 7.84. The van der Waals surface area contributed by atoms with Gasteiger partial charge in [-0.25, -0.2) is 0 Å². The molecule has 1 unspecified atom stereocenters. The Hall–Kier alpha value is 0.310. The van der Waals surface area contributed by atoms with Crippen molar-refractivity contribution in [3.05, 3.63) is 0 Å². The van der Waals surface area contributed by atoms with E-state index in [0.717, 1.165) is 6.04 Å². The molecule has 0 aromatic carbocycles. The highest BCUT2D eigenvalue weighted by molar-refractivity contribution is 8.00. The number of rotatable bonds is 4. The van der Waals surface area contributed by atoms with Crippen LogP contribution in [0, 0.1) is 5.41 Å². The van der Waals surface area contributed by atoms with Gasteiger partial charge < -0.3 is 5.32 Å². The lowest BCUT2D eigenvalue weighted by atomic mass is 9.75. The van der Waals surface area contributed by atoms with Crippen LogP contribution in [0.3, 0.4) is 0 Å². The van der Waals surface area contributed by atoms with Crippen LogP contribution in [0.1, 0.15) is 71.6 Å². The van der Waals surface area contributed by atoms with Crippen molar-refractivity contribution in [3.63, 3.8) is 0 Å². The maximum Gasteiger partial charge on any atom is 0.0281 e. The summed E-state index contributed by atoms with van der Waals surface area (Å²) in [7, 11) is 0. The Labute approximate surface area is 118 Å². The van der Waals surface area contributed by atoms with Crippen molar-refractivity contribution >= 4 is 11.8 Å². The van der Waals surface area contributed by atoms with E-state index in [-0.39, 0.29) is 0 Å². The molecule has 0 radical (unpaired) electrons. The molecule has 0 aliphatic heterocycles. The largest absolute Gasteiger partial charge is 0.313 e. The summed E-state index contributed by atoms with van der Waals surface area (Å²) in [5.74, 6) is 0. The van der Waals surface area contributed by atoms with E-state index in [2.05, 4.69) is 37.2 Å². The van der Waals surface area contributed by atoms with E-state index in [4.69, 9.17) is 0 Å². The molecule has 0 spiro atoms. The fourth-order valence-corrected chi connectivity index (χ4v) is 4.78. The lowest BCUT2D eigenvalue weighted by molar-refractivity contribution is 0.193. The maximum absolute atomic E-state index is 3.92. The van der Waals surface area contributed by atoms with Crippen molar-refractivity contribution < 1.29 is 0 Å². The molecule has 18 heavy (non-hydrogen) atoms. The molecule has 0 bridgehead atoms. The van der Waals surface area contributed by atoms with Gasteiger partial charge in [0.25, 0.3) is 0 Å². The van der Waals surface area contributed by atoms with E-state index in [1.165, 1.54) is 64.3 Å². The van der Waals surface area contributed by atoms with Gasteiger partial charge in [-0.1, -0.05) is 39.5 Å². The van der Waals surface area contributed by atoms with Crippen LogP contribution in [0.25, 0.3) is 0 Å². The number of hydrogen-bond donors (Lipinski definition) is 1. The Kier molecular flexibility index (Phi) is 5.05. The van der Waals surface area contributed by atoms with Crippen molar-refractivity contribution in [2.75, 3.05) is 12.8 Å². The van der Waals surface area contributed by atoms with E-state index in [1.54, 1.807) is 0 Å². The highest BCUT2D eigenvalue weighted by Crippen LogP contribution is 2.39. The predicted octanol–water partition coefficient (Wildman–Crippen LogP) is 4.61. The van der Waals surface area contributed by atoms with Crippen LogP contribution in [0.15, 0.2) is 0 Å². The van der Waals surface area contributed by atoms with Crippen molar-refractivity contribution in [2.45, 2.75) is 82.4 Å². The van der Waals surface area contributed by atoms with E-state index in [1.807, 2.05) is 0 Å². The average Bonchev–Trinajstić information content (AvgIpc) is 2.36. The molecule has 0 saturated heterocycles. The van der Waals surface area contributed by atoms with E-state index >= 15 is 0 Å². The molecule has 106 valence electrons. The molecule has 2 fully saturated rings. The monoisotopic (exact) mass is 269 g/mol. The molecule has 2 aliphatic carbocycles. The summed E-state index contributed by atoms with van der Waals surface area (Å²) in [6, 6.07) is 0.778. The fraction of sp³-hybridized carbons (Fsp3) is 1.00. The van der Waals surface area contributed by atoms with Crippen LogP contribution in [-0.4, -0.2) is 23.6 Å². The molecule has 1 atom stereocenters. The highest BCUT2D eigenvalue weighted by atomic mass is 32.2. The molecule has 2 aliphatic rings. The zero-order valence-corrected chi connectivity index (χ0v) is 13.4. The second kappa shape index (κ2) is 6.17. The quantitative estimate of drug-likeness (QED) is 0.800. The third-order valence-corrected chi connectivity index (χ3v) is 6.53. The van der Waals surface area contributed by atoms with Gasteiger partial charge in [0, 0.05) is 17.3 Å². The molecule has 2 heteroatoms. The third kappa shape index (κ3) is 3.90. The van der Waals surface area contributed by atoms with Crippen LogP contribution in [-0.2, 0) is 0 Å². The molecule has 2 saturated carbocycles. The Morgan fingerprint density at radius 2 is 1.78 bits per heavy atom. The number of nitrogens with one attached hydrogen (secondary N) is 1. The first-order chi connectivity index (χ1) is 8.55. The van der Waals surface area contributed by atoms with E-state index in [0.29, 0.717) is 10.2 Å². The summed E-state index contributed by atoms with van der Waals surface area (Å²) >= 11 is 2.12. The van der Waals surface area contributed by atoms with Crippen molar-refractivity contribution in [1.29, 1.82) is 0 Å². The molecule has 0 aromatic rings. The van der Waals surface area contributed by atoms with Crippen LogP contribution in [0.4, 0.5) is 0 Å². The van der Waals surface area contributed by atoms with E-state index in [9.17, 15) is 0 Å². The van der Waals surface area contributed by atoms with Crippen LogP contribution < -0.4 is 5.32 Å². The van der Waals surface area contributed by atoms with Crippen LogP contribution in [0.5, 0.6) is 0 Å². The molecule has 0 amide bonds. The SMILES string of the molecule is CSC1(CNC2CCCC(C)(C)C2)CCCCC1. The van der Waals surface area contributed by atoms with Gasteiger partial charge in [-0.15, -0.1) is 0 Å². The first-order valence-corrected chi connectivity index (χ1v) is 9.06. The lowest BCUT2D eigenvalue weighted by Crippen LogP contribution is -2.46. The van der Waals surface area contributed by atoms with Crippen molar-refractivity contribution in [1.82, 2.24) is 5.32 Å². The van der Waals surface area contributed by atoms with Gasteiger partial charge in [-0.3, -0.25) is 0 Å². The summed E-state index contributed by atoms with van der Waals surface area (Å²) in [6.07, 6.45) is 15.1. The Morgan fingerprint density at radius 1 is 1.06 bits per heavy atom. The lowest BCUT2D eigenvalue weighted by Gasteiger charge is -2.40. The standard InChI is InChI=1S/C16H31NS/c1-15(2)9-7-8-14(12-15)17-13-16(18-3)10-5-4-6-11-16/h14,17H,4-13H2,1-3H3. The minimum absolute atomic E-state index is 0.555. The molecular weight excluding hydrogens is 238 g/mol. The average molecular weight is 269 g/mol. The Bertz CT molecular complexity index is 256. The Morgan fingerprint density at radius 3 is 2.39 bits per heavy atom. The summed E-state index contributed by atoms with van der Waals surface area (Å²) in [5.41, 5.74) is 0.564. The second-order valence-corrected chi connectivity index (χ2v) is 8.56.